The highest BCUT2D eigenvalue weighted by atomic mass is 32.2. The van der Waals surface area contributed by atoms with Crippen molar-refractivity contribution in [2.45, 2.75) is 0 Å². The first kappa shape index (κ1) is 6.62. The summed E-state index contributed by atoms with van der Waals surface area (Å²) < 4.78 is 30.4. The highest BCUT2D eigenvalue weighted by Crippen LogP contribution is 1.87. The van der Waals surface area contributed by atoms with Crippen LogP contribution in [0.15, 0.2) is 11.5 Å². The lowest BCUT2D eigenvalue weighted by molar-refractivity contribution is 0.549. The molecule has 0 saturated heterocycles. The van der Waals surface area contributed by atoms with Crippen molar-refractivity contribution >= 4 is 10.7 Å². The summed E-state index contributed by atoms with van der Waals surface area (Å²) in [6, 6.07) is 0. The van der Waals surface area contributed by atoms with Gasteiger partial charge in [-0.25, -0.2) is 12.8 Å². The van der Waals surface area contributed by atoms with Gasteiger partial charge in [-0.3, -0.25) is 0 Å². The van der Waals surface area contributed by atoms with E-state index in [9.17, 15) is 12.8 Å². The second-order valence-corrected chi connectivity index (χ2v) is 2.10. The van der Waals surface area contributed by atoms with Crippen LogP contribution in [0, 0.1) is 0 Å². The number of hydrogen-bond acceptors (Lipinski definition) is 2. The van der Waals surface area contributed by atoms with Crippen LogP contribution < -0.4 is 0 Å². The van der Waals surface area contributed by atoms with Crippen LogP contribution in [-0.4, -0.2) is 15.1 Å². The minimum atomic E-state index is -2.73. The molecule has 0 aromatic heterocycles. The van der Waals surface area contributed by atoms with Gasteiger partial charge in [0, 0.05) is 0 Å². The molecule has 4 heteroatoms. The Balaban J connectivity index is 3.83. The minimum Gasteiger partial charge on any atom is -0.245 e. The first-order valence-corrected chi connectivity index (χ1v) is 2.74. The Kier molecular flexibility index (Phi) is 2.59. The van der Waals surface area contributed by atoms with Crippen LogP contribution >= 0.6 is 0 Å². The lowest BCUT2D eigenvalue weighted by Crippen LogP contribution is -1.82. The van der Waals surface area contributed by atoms with Crippen molar-refractivity contribution in [3.63, 3.8) is 0 Å². The van der Waals surface area contributed by atoms with Crippen molar-refractivity contribution in [1.29, 1.82) is 0 Å². The minimum absolute atomic E-state index is 0.366. The molecule has 0 aliphatic rings. The van der Waals surface area contributed by atoms with Crippen molar-refractivity contribution in [1.82, 2.24) is 0 Å². The summed E-state index contributed by atoms with van der Waals surface area (Å²) in [5, 5.41) is 0. The Hall–Kier alpha value is -0.380. The molecule has 0 heterocycles. The number of allylic oxidation sites excluding steroid dienone is 1. The molecule has 0 rings (SSSR count). The quantitative estimate of drug-likeness (QED) is 0.529. The number of rotatable bonds is 2. The Morgan fingerprint density at radius 1 is 1.71 bits per heavy atom. The fourth-order valence-corrected chi connectivity index (χ4v) is 0.146. The van der Waals surface area contributed by atoms with E-state index in [0.717, 1.165) is 0 Å². The third-order valence-corrected chi connectivity index (χ3v) is 1.05. The second-order valence-electron chi connectivity index (χ2n) is 0.957. The molecule has 0 N–H and O–H groups in total. The fourth-order valence-electron chi connectivity index (χ4n) is 0.0488. The average Bonchev–Trinajstić information content (AvgIpc) is 1.65. The Morgan fingerprint density at radius 2 is 2.14 bits per heavy atom. The molecule has 0 aliphatic heterocycles. The van der Waals surface area contributed by atoms with Gasteiger partial charge in [-0.1, -0.05) is 6.58 Å². The molecule has 0 unspecified atom stereocenters. The van der Waals surface area contributed by atoms with E-state index in [4.69, 9.17) is 0 Å². The number of alkyl halides is 1. The van der Waals surface area contributed by atoms with Gasteiger partial charge in [0.05, 0.1) is 4.91 Å². The van der Waals surface area contributed by atoms with Gasteiger partial charge in [-0.2, -0.15) is 0 Å². The van der Waals surface area contributed by atoms with Gasteiger partial charge in [-0.05, 0) is 0 Å². The molecule has 0 aliphatic carbocycles. The summed E-state index contributed by atoms with van der Waals surface area (Å²) in [6.45, 7) is 1.93. The van der Waals surface area contributed by atoms with E-state index in [2.05, 4.69) is 6.58 Å². The molecule has 7 heavy (non-hydrogen) atoms. The van der Waals surface area contributed by atoms with E-state index in [1.54, 1.807) is 0 Å². The van der Waals surface area contributed by atoms with Gasteiger partial charge >= 0.3 is 0 Å². The number of halogens is 1. The van der Waals surface area contributed by atoms with E-state index in [1.165, 1.54) is 0 Å². The molecule has 0 aromatic rings. The van der Waals surface area contributed by atoms with Crippen molar-refractivity contribution in [2.75, 3.05) is 6.67 Å². The summed E-state index contributed by atoms with van der Waals surface area (Å²) in [5.74, 6) is 0. The molecule has 0 bridgehead atoms. The molecule has 0 radical (unpaired) electrons. The molecule has 2 nitrogen and oxygen atoms in total. The lowest BCUT2D eigenvalue weighted by atomic mass is 10.7. The summed E-state index contributed by atoms with van der Waals surface area (Å²) in [7, 11) is -2.73. The molecule has 0 amide bonds. The monoisotopic (exact) mass is 124 g/mol. The third kappa shape index (κ3) is 2.33. The third-order valence-electron chi connectivity index (χ3n) is 0.412. The van der Waals surface area contributed by atoms with E-state index in [1.807, 2.05) is 0 Å². The standard InChI is InChI=1S/C3H5FO2S/c1-3(2-4)7(5)6/h7H,1-2H2. The SMILES string of the molecule is C=C(CF)[SH](=O)=O. The van der Waals surface area contributed by atoms with Crippen LogP contribution in [0.3, 0.4) is 0 Å². The summed E-state index contributed by atoms with van der Waals surface area (Å²) in [6.07, 6.45) is 0. The van der Waals surface area contributed by atoms with Crippen LogP contribution in [0.5, 0.6) is 0 Å². The van der Waals surface area contributed by atoms with Crippen molar-refractivity contribution in [3.8, 4) is 0 Å². The van der Waals surface area contributed by atoms with Crippen molar-refractivity contribution < 1.29 is 12.8 Å². The van der Waals surface area contributed by atoms with E-state index in [0.29, 0.717) is 0 Å². The van der Waals surface area contributed by atoms with E-state index in [-0.39, 0.29) is 4.91 Å². The topological polar surface area (TPSA) is 34.1 Å². The number of hydrogen-bond donors (Lipinski definition) is 1. The van der Waals surface area contributed by atoms with Crippen molar-refractivity contribution in [2.24, 2.45) is 0 Å². The van der Waals surface area contributed by atoms with Crippen LogP contribution in [-0.2, 0) is 10.7 Å². The van der Waals surface area contributed by atoms with Crippen molar-refractivity contribution in [3.05, 3.63) is 11.5 Å². The molecule has 0 saturated carbocycles. The second kappa shape index (κ2) is 2.74. The van der Waals surface area contributed by atoms with Crippen LogP contribution in [0.25, 0.3) is 0 Å². The first-order valence-electron chi connectivity index (χ1n) is 1.56. The number of thiol groups is 1. The molecule has 0 spiro atoms. The summed E-state index contributed by atoms with van der Waals surface area (Å²) >= 11 is 0. The largest absolute Gasteiger partial charge is 0.245 e. The van der Waals surface area contributed by atoms with Gasteiger partial charge < -0.3 is 0 Å². The Bertz CT molecular complexity index is 130. The molecular weight excluding hydrogens is 119 g/mol. The van der Waals surface area contributed by atoms with Gasteiger partial charge in [-0.15, -0.1) is 0 Å². The van der Waals surface area contributed by atoms with Gasteiger partial charge in [0.2, 0.25) is 0 Å². The Labute approximate surface area is 42.6 Å². The maximum Gasteiger partial charge on any atom is 0.166 e. The van der Waals surface area contributed by atoms with Crippen LogP contribution in [0.2, 0.25) is 0 Å². The fraction of sp³-hybridized carbons (Fsp3) is 0.333. The predicted octanol–water partition coefficient (Wildman–Crippen LogP) is 0.0810. The zero-order chi connectivity index (χ0) is 5.86. The maximum atomic E-state index is 11.2. The Morgan fingerprint density at radius 3 is 2.14 bits per heavy atom. The van der Waals surface area contributed by atoms with Gasteiger partial charge in [0.15, 0.2) is 10.7 Å². The zero-order valence-corrected chi connectivity index (χ0v) is 4.45. The smallest absolute Gasteiger partial charge is 0.166 e. The van der Waals surface area contributed by atoms with Crippen LogP contribution in [0.4, 0.5) is 4.39 Å². The van der Waals surface area contributed by atoms with Gasteiger partial charge in [0.25, 0.3) is 0 Å². The molecule has 0 atom stereocenters. The first-order chi connectivity index (χ1) is 3.18. The predicted molar refractivity (Wildman–Crippen MR) is 25.4 cm³/mol. The highest BCUT2D eigenvalue weighted by molar-refractivity contribution is 7.76. The molecule has 42 valence electrons. The summed E-state index contributed by atoms with van der Waals surface area (Å²) in [5.41, 5.74) is 0. The zero-order valence-electron chi connectivity index (χ0n) is 3.56. The normalized spacial score (nSPS) is 9.43. The molecular formula is C3H5FO2S. The molecule has 0 fully saturated rings. The lowest BCUT2D eigenvalue weighted by Gasteiger charge is -1.78. The van der Waals surface area contributed by atoms with E-state index >= 15 is 0 Å². The van der Waals surface area contributed by atoms with E-state index < -0.39 is 17.4 Å². The highest BCUT2D eigenvalue weighted by Gasteiger charge is 1.89. The van der Waals surface area contributed by atoms with Gasteiger partial charge in [0.1, 0.15) is 6.67 Å². The molecule has 0 aromatic carbocycles. The van der Waals surface area contributed by atoms with Crippen LogP contribution in [0.1, 0.15) is 0 Å². The average molecular weight is 124 g/mol. The summed E-state index contributed by atoms with van der Waals surface area (Å²) in [4.78, 5) is -0.366. The maximum absolute atomic E-state index is 11.2.